The third-order valence-corrected chi connectivity index (χ3v) is 3.03. The van der Waals surface area contributed by atoms with Gasteiger partial charge in [-0.2, -0.15) is 0 Å². The third kappa shape index (κ3) is 4.78. The quantitative estimate of drug-likeness (QED) is 0.814. The van der Waals surface area contributed by atoms with E-state index in [4.69, 9.17) is 0 Å². The fourth-order valence-corrected chi connectivity index (χ4v) is 1.90. The molecule has 17 heavy (non-hydrogen) atoms. The van der Waals surface area contributed by atoms with E-state index in [0.717, 1.165) is 30.0 Å². The molecule has 96 valence electrons. The monoisotopic (exact) mass is 235 g/mol. The number of aliphatic hydroxyl groups is 1. The van der Waals surface area contributed by atoms with Gasteiger partial charge >= 0.3 is 0 Å². The van der Waals surface area contributed by atoms with Crippen LogP contribution in [-0.4, -0.2) is 19.2 Å². The van der Waals surface area contributed by atoms with Crippen LogP contribution in [-0.2, 0) is 0 Å². The average molecular weight is 235 g/mol. The molecule has 0 saturated heterocycles. The summed E-state index contributed by atoms with van der Waals surface area (Å²) in [5.41, 5.74) is 2.17. The van der Waals surface area contributed by atoms with Gasteiger partial charge < -0.3 is 10.0 Å². The van der Waals surface area contributed by atoms with E-state index in [2.05, 4.69) is 30.9 Å². The van der Waals surface area contributed by atoms with Crippen molar-refractivity contribution in [3.05, 3.63) is 29.8 Å². The molecular weight excluding hydrogens is 210 g/mol. The van der Waals surface area contributed by atoms with Crippen LogP contribution in [0.2, 0.25) is 0 Å². The summed E-state index contributed by atoms with van der Waals surface area (Å²) >= 11 is 0. The molecule has 1 atom stereocenters. The summed E-state index contributed by atoms with van der Waals surface area (Å²) in [4.78, 5) is 2.06. The molecule has 1 N–H and O–H groups in total. The van der Waals surface area contributed by atoms with Gasteiger partial charge in [0.05, 0.1) is 6.10 Å². The summed E-state index contributed by atoms with van der Waals surface area (Å²) in [6.45, 7) is 4.44. The van der Waals surface area contributed by atoms with Crippen LogP contribution < -0.4 is 4.90 Å². The van der Waals surface area contributed by atoms with E-state index in [1.807, 2.05) is 26.2 Å². The molecule has 0 fully saturated rings. The van der Waals surface area contributed by atoms with Crippen LogP contribution >= 0.6 is 0 Å². The van der Waals surface area contributed by atoms with Crippen LogP contribution in [0.25, 0.3) is 0 Å². The molecule has 1 aromatic rings. The molecular formula is C15H25NO. The van der Waals surface area contributed by atoms with Gasteiger partial charge in [0.25, 0.3) is 0 Å². The van der Waals surface area contributed by atoms with Crippen molar-refractivity contribution in [1.82, 2.24) is 0 Å². The van der Waals surface area contributed by atoms with Crippen LogP contribution in [0, 0.1) is 5.92 Å². The Balaban J connectivity index is 2.56. The highest BCUT2D eigenvalue weighted by Crippen LogP contribution is 2.23. The molecule has 0 heterocycles. The van der Waals surface area contributed by atoms with Crippen molar-refractivity contribution in [1.29, 1.82) is 0 Å². The van der Waals surface area contributed by atoms with Gasteiger partial charge in [-0.1, -0.05) is 38.8 Å². The van der Waals surface area contributed by atoms with Crippen molar-refractivity contribution < 1.29 is 5.11 Å². The molecule has 0 spiro atoms. The summed E-state index contributed by atoms with van der Waals surface area (Å²) in [5, 5.41) is 10.1. The number of aliphatic hydroxyl groups excluding tert-OH is 1. The van der Waals surface area contributed by atoms with Gasteiger partial charge in [0, 0.05) is 19.8 Å². The maximum absolute atomic E-state index is 10.1. The minimum Gasteiger partial charge on any atom is -0.388 e. The highest BCUT2D eigenvalue weighted by molar-refractivity contribution is 5.47. The Bertz CT molecular complexity index is 333. The first kappa shape index (κ1) is 14.0. The predicted octanol–water partition coefficient (Wildman–Crippen LogP) is 3.61. The fraction of sp³-hybridized carbons (Fsp3) is 0.600. The van der Waals surface area contributed by atoms with E-state index in [1.165, 1.54) is 6.42 Å². The van der Waals surface area contributed by atoms with E-state index in [-0.39, 0.29) is 6.10 Å². The topological polar surface area (TPSA) is 23.5 Å². The van der Waals surface area contributed by atoms with Gasteiger partial charge in [0.15, 0.2) is 0 Å². The largest absolute Gasteiger partial charge is 0.388 e. The summed E-state index contributed by atoms with van der Waals surface area (Å²) in [5.74, 6) is 0.718. The van der Waals surface area contributed by atoms with Crippen molar-refractivity contribution in [3.63, 3.8) is 0 Å². The fourth-order valence-electron chi connectivity index (χ4n) is 1.90. The van der Waals surface area contributed by atoms with Crippen LogP contribution in [0.15, 0.2) is 24.3 Å². The lowest BCUT2D eigenvalue weighted by molar-refractivity contribution is 0.162. The third-order valence-electron chi connectivity index (χ3n) is 3.03. The van der Waals surface area contributed by atoms with Crippen molar-refractivity contribution in [2.24, 2.45) is 5.92 Å². The van der Waals surface area contributed by atoms with E-state index in [9.17, 15) is 5.11 Å². The second kappa shape index (κ2) is 6.65. The standard InChI is InChI=1S/C15H25NO/c1-12(2)7-5-10-15(17)13-8-6-9-14(11-13)16(3)4/h6,8-9,11-12,15,17H,5,7,10H2,1-4H3. The molecule has 0 aromatic heterocycles. The molecule has 1 rings (SSSR count). The first-order chi connectivity index (χ1) is 8.00. The molecule has 1 aromatic carbocycles. The van der Waals surface area contributed by atoms with Crippen LogP contribution in [0.5, 0.6) is 0 Å². The van der Waals surface area contributed by atoms with Crippen molar-refractivity contribution in [2.45, 2.75) is 39.2 Å². The van der Waals surface area contributed by atoms with Gasteiger partial charge in [0.1, 0.15) is 0 Å². The first-order valence-corrected chi connectivity index (χ1v) is 6.46. The van der Waals surface area contributed by atoms with E-state index in [1.54, 1.807) is 0 Å². The zero-order chi connectivity index (χ0) is 12.8. The number of hydrogen-bond acceptors (Lipinski definition) is 2. The highest BCUT2D eigenvalue weighted by Gasteiger charge is 2.08. The van der Waals surface area contributed by atoms with Gasteiger partial charge in [-0.3, -0.25) is 0 Å². The lowest BCUT2D eigenvalue weighted by Gasteiger charge is -2.16. The van der Waals surface area contributed by atoms with Crippen molar-refractivity contribution in [3.8, 4) is 0 Å². The first-order valence-electron chi connectivity index (χ1n) is 6.46. The number of benzene rings is 1. The van der Waals surface area contributed by atoms with Gasteiger partial charge in [-0.15, -0.1) is 0 Å². The smallest absolute Gasteiger partial charge is 0.0790 e. The maximum Gasteiger partial charge on any atom is 0.0790 e. The molecule has 0 aliphatic rings. The summed E-state index contributed by atoms with van der Waals surface area (Å²) in [6.07, 6.45) is 2.80. The van der Waals surface area contributed by atoms with E-state index >= 15 is 0 Å². The summed E-state index contributed by atoms with van der Waals surface area (Å²) in [6, 6.07) is 8.15. The summed E-state index contributed by atoms with van der Waals surface area (Å²) in [7, 11) is 4.04. The molecule has 0 bridgehead atoms. The van der Waals surface area contributed by atoms with E-state index < -0.39 is 0 Å². The second-order valence-corrected chi connectivity index (χ2v) is 5.33. The number of rotatable bonds is 6. The molecule has 0 aliphatic carbocycles. The van der Waals surface area contributed by atoms with Crippen LogP contribution in [0.1, 0.15) is 44.8 Å². The van der Waals surface area contributed by atoms with Gasteiger partial charge in [-0.05, 0) is 30.0 Å². The maximum atomic E-state index is 10.1. The highest BCUT2D eigenvalue weighted by atomic mass is 16.3. The Kier molecular flexibility index (Phi) is 5.49. The molecule has 0 radical (unpaired) electrons. The zero-order valence-electron chi connectivity index (χ0n) is 11.5. The summed E-state index contributed by atoms with van der Waals surface area (Å²) < 4.78 is 0. The molecule has 2 nitrogen and oxygen atoms in total. The molecule has 0 saturated carbocycles. The molecule has 0 aliphatic heterocycles. The van der Waals surface area contributed by atoms with Gasteiger partial charge in [-0.25, -0.2) is 0 Å². The zero-order valence-corrected chi connectivity index (χ0v) is 11.5. The second-order valence-electron chi connectivity index (χ2n) is 5.33. The van der Waals surface area contributed by atoms with Crippen LogP contribution in [0.4, 0.5) is 5.69 Å². The lowest BCUT2D eigenvalue weighted by atomic mass is 10.00. The van der Waals surface area contributed by atoms with Crippen molar-refractivity contribution >= 4 is 5.69 Å². The SMILES string of the molecule is CC(C)CCCC(O)c1cccc(N(C)C)c1. The predicted molar refractivity (Wildman–Crippen MR) is 74.4 cm³/mol. The Morgan fingerprint density at radius 2 is 1.88 bits per heavy atom. The molecule has 0 amide bonds. The Labute approximate surface area is 105 Å². The Morgan fingerprint density at radius 3 is 2.47 bits per heavy atom. The van der Waals surface area contributed by atoms with Crippen LogP contribution in [0.3, 0.4) is 0 Å². The Morgan fingerprint density at radius 1 is 1.18 bits per heavy atom. The number of hydrogen-bond donors (Lipinski definition) is 1. The van der Waals surface area contributed by atoms with Gasteiger partial charge in [0.2, 0.25) is 0 Å². The minimum atomic E-state index is -0.325. The Hall–Kier alpha value is -1.02. The van der Waals surface area contributed by atoms with Crippen molar-refractivity contribution in [2.75, 3.05) is 19.0 Å². The van der Waals surface area contributed by atoms with E-state index in [0.29, 0.717) is 0 Å². The normalized spacial score (nSPS) is 12.8. The lowest BCUT2D eigenvalue weighted by Crippen LogP contribution is -2.09. The minimum absolute atomic E-state index is 0.325. The molecule has 1 unspecified atom stereocenters. The number of nitrogens with zero attached hydrogens (tertiary/aromatic N) is 1. The average Bonchev–Trinajstić information content (AvgIpc) is 2.28. The molecule has 2 heteroatoms. The number of anilines is 1.